The molecule has 2 heterocycles. The normalized spacial score (nSPS) is 25.9. The molecule has 23 heavy (non-hydrogen) atoms. The predicted molar refractivity (Wildman–Crippen MR) is 84.4 cm³/mol. The average molecular weight is 320 g/mol. The maximum absolute atomic E-state index is 12.5. The number of rotatable bonds is 4. The fourth-order valence-corrected chi connectivity index (χ4v) is 3.48. The first-order chi connectivity index (χ1) is 11.0. The average Bonchev–Trinajstić information content (AvgIpc) is 2.55. The number of aliphatic hydroxyl groups is 1. The molecular weight excluding hydrogens is 296 g/mol. The number of amides is 1. The van der Waals surface area contributed by atoms with Crippen molar-refractivity contribution in [3.8, 4) is 5.88 Å². The summed E-state index contributed by atoms with van der Waals surface area (Å²) in [6.45, 7) is 5.11. The zero-order chi connectivity index (χ0) is 16.4. The van der Waals surface area contributed by atoms with Crippen LogP contribution in [0.5, 0.6) is 5.88 Å². The molecule has 1 aromatic rings. The lowest BCUT2D eigenvalue weighted by molar-refractivity contribution is -0.145. The Labute approximate surface area is 136 Å². The largest absolute Gasteiger partial charge is 0.475 e. The summed E-state index contributed by atoms with van der Waals surface area (Å²) in [6.07, 6.45) is 1.80. The molecule has 1 saturated heterocycles. The first kappa shape index (κ1) is 16.2. The van der Waals surface area contributed by atoms with Crippen LogP contribution in [-0.4, -0.2) is 47.5 Å². The number of carbonyl (C=O) groups excluding carboxylic acids is 1. The quantitative estimate of drug-likeness (QED) is 0.879. The number of nitrogens with zero attached hydrogens (tertiary/aromatic N) is 1. The first-order valence-electron chi connectivity index (χ1n) is 8.22. The van der Waals surface area contributed by atoms with Gasteiger partial charge in [0.05, 0.1) is 12.2 Å². The number of hydrogen-bond acceptors (Lipinski definition) is 5. The minimum atomic E-state index is -0.361. The molecule has 2 aliphatic rings. The summed E-state index contributed by atoms with van der Waals surface area (Å²) in [5, 5.41) is 13.2. The lowest BCUT2D eigenvalue weighted by atomic mass is 9.58. The highest BCUT2D eigenvalue weighted by molar-refractivity contribution is 5.92. The standard InChI is InChI=1S/C17H24N2O4/c1-11(2)23-15-5-3-4-12(18-15)16(21)19-13-10-14(20)17(13)6-8-22-9-7-17/h3-5,11,13-14,20H,6-10H2,1-2H3,(H,19,21)/t13-,14-/m1/s1. The minimum Gasteiger partial charge on any atom is -0.475 e. The van der Waals surface area contributed by atoms with Crippen molar-refractivity contribution in [3.63, 3.8) is 0 Å². The highest BCUT2D eigenvalue weighted by atomic mass is 16.5. The highest BCUT2D eigenvalue weighted by Crippen LogP contribution is 2.48. The third-order valence-corrected chi connectivity index (χ3v) is 4.86. The Hall–Kier alpha value is -1.66. The lowest BCUT2D eigenvalue weighted by Gasteiger charge is -2.55. The van der Waals surface area contributed by atoms with Crippen molar-refractivity contribution < 1.29 is 19.4 Å². The van der Waals surface area contributed by atoms with Gasteiger partial charge in [-0.05, 0) is 39.2 Å². The van der Waals surface area contributed by atoms with Crippen LogP contribution in [0.4, 0.5) is 0 Å². The monoisotopic (exact) mass is 320 g/mol. The van der Waals surface area contributed by atoms with Gasteiger partial charge in [0.2, 0.25) is 5.88 Å². The SMILES string of the molecule is CC(C)Oc1cccc(C(=O)N[C@@H]2C[C@@H](O)C23CCOCC3)n1. The van der Waals surface area contributed by atoms with Crippen molar-refractivity contribution in [1.82, 2.24) is 10.3 Å². The van der Waals surface area contributed by atoms with Crippen LogP contribution in [0.25, 0.3) is 0 Å². The van der Waals surface area contributed by atoms with E-state index in [2.05, 4.69) is 10.3 Å². The molecule has 6 heteroatoms. The second-order valence-corrected chi connectivity index (χ2v) is 6.65. The molecule has 1 aliphatic heterocycles. The van der Waals surface area contributed by atoms with Gasteiger partial charge in [-0.25, -0.2) is 4.98 Å². The molecule has 2 N–H and O–H groups in total. The zero-order valence-electron chi connectivity index (χ0n) is 13.6. The van der Waals surface area contributed by atoms with Crippen molar-refractivity contribution in [2.45, 2.75) is 51.4 Å². The molecule has 0 radical (unpaired) electrons. The molecule has 2 fully saturated rings. The number of nitrogens with one attached hydrogen (secondary N) is 1. The van der Waals surface area contributed by atoms with Crippen molar-refractivity contribution in [1.29, 1.82) is 0 Å². The van der Waals surface area contributed by atoms with Gasteiger partial charge in [-0.15, -0.1) is 0 Å². The minimum absolute atomic E-state index is 0.00750. The van der Waals surface area contributed by atoms with Crippen LogP contribution in [0, 0.1) is 5.41 Å². The number of carbonyl (C=O) groups is 1. The van der Waals surface area contributed by atoms with E-state index in [0.29, 0.717) is 31.2 Å². The molecule has 3 rings (SSSR count). The molecule has 6 nitrogen and oxygen atoms in total. The summed E-state index contributed by atoms with van der Waals surface area (Å²) in [5.41, 5.74) is 0.103. The summed E-state index contributed by atoms with van der Waals surface area (Å²) < 4.78 is 10.9. The highest BCUT2D eigenvalue weighted by Gasteiger charge is 2.55. The van der Waals surface area contributed by atoms with E-state index in [1.807, 2.05) is 13.8 Å². The van der Waals surface area contributed by atoms with Gasteiger partial charge >= 0.3 is 0 Å². The number of hydrogen-bond donors (Lipinski definition) is 2. The summed E-state index contributed by atoms with van der Waals surface area (Å²) in [7, 11) is 0. The summed E-state index contributed by atoms with van der Waals surface area (Å²) >= 11 is 0. The van der Waals surface area contributed by atoms with E-state index in [4.69, 9.17) is 9.47 Å². The molecule has 1 saturated carbocycles. The van der Waals surface area contributed by atoms with Crippen LogP contribution in [0.1, 0.15) is 43.6 Å². The van der Waals surface area contributed by atoms with Crippen LogP contribution in [0.3, 0.4) is 0 Å². The van der Waals surface area contributed by atoms with E-state index >= 15 is 0 Å². The van der Waals surface area contributed by atoms with Crippen molar-refractivity contribution >= 4 is 5.91 Å². The molecule has 1 amide bonds. The van der Waals surface area contributed by atoms with Crippen molar-refractivity contribution in [2.75, 3.05) is 13.2 Å². The molecule has 1 aromatic heterocycles. The van der Waals surface area contributed by atoms with Gasteiger partial charge in [0.1, 0.15) is 5.69 Å². The van der Waals surface area contributed by atoms with E-state index in [-0.39, 0.29) is 29.6 Å². The smallest absolute Gasteiger partial charge is 0.270 e. The van der Waals surface area contributed by atoms with Crippen LogP contribution in [0.2, 0.25) is 0 Å². The van der Waals surface area contributed by atoms with Crippen LogP contribution in [-0.2, 0) is 4.74 Å². The van der Waals surface area contributed by atoms with Gasteiger partial charge in [0.15, 0.2) is 0 Å². The predicted octanol–water partition coefficient (Wildman–Crippen LogP) is 1.53. The third kappa shape index (κ3) is 3.19. The summed E-state index contributed by atoms with van der Waals surface area (Å²) in [6, 6.07) is 5.16. The van der Waals surface area contributed by atoms with Gasteiger partial charge in [-0.1, -0.05) is 6.07 Å². The topological polar surface area (TPSA) is 80.7 Å². The molecule has 126 valence electrons. The van der Waals surface area contributed by atoms with E-state index in [1.165, 1.54) is 0 Å². The third-order valence-electron chi connectivity index (χ3n) is 4.86. The first-order valence-corrected chi connectivity index (χ1v) is 8.22. The maximum atomic E-state index is 12.5. The Kier molecular flexibility index (Phi) is 4.55. The molecule has 1 spiro atoms. The van der Waals surface area contributed by atoms with Crippen molar-refractivity contribution in [3.05, 3.63) is 23.9 Å². The van der Waals surface area contributed by atoms with Gasteiger partial charge in [-0.3, -0.25) is 4.79 Å². The van der Waals surface area contributed by atoms with Crippen LogP contribution >= 0.6 is 0 Å². The summed E-state index contributed by atoms with van der Waals surface area (Å²) in [4.78, 5) is 16.7. The maximum Gasteiger partial charge on any atom is 0.270 e. The molecule has 0 aromatic carbocycles. The number of ether oxygens (including phenoxy) is 2. The van der Waals surface area contributed by atoms with E-state index in [0.717, 1.165) is 12.8 Å². The number of aromatic nitrogens is 1. The lowest BCUT2D eigenvalue weighted by Crippen LogP contribution is -2.65. The summed E-state index contributed by atoms with van der Waals surface area (Å²) in [5.74, 6) is 0.226. The van der Waals surface area contributed by atoms with Gasteiger partial charge in [0.25, 0.3) is 5.91 Å². The van der Waals surface area contributed by atoms with Crippen LogP contribution < -0.4 is 10.1 Å². The fourth-order valence-electron chi connectivity index (χ4n) is 3.48. The molecule has 0 unspecified atom stereocenters. The van der Waals surface area contributed by atoms with E-state index in [9.17, 15) is 9.90 Å². The van der Waals surface area contributed by atoms with Gasteiger partial charge < -0.3 is 19.9 Å². The second kappa shape index (κ2) is 6.45. The molecule has 0 bridgehead atoms. The molecule has 1 aliphatic carbocycles. The number of aliphatic hydroxyl groups excluding tert-OH is 1. The molecular formula is C17H24N2O4. The van der Waals surface area contributed by atoms with Crippen LogP contribution in [0.15, 0.2) is 18.2 Å². The van der Waals surface area contributed by atoms with E-state index in [1.54, 1.807) is 18.2 Å². The zero-order valence-corrected chi connectivity index (χ0v) is 13.6. The van der Waals surface area contributed by atoms with E-state index < -0.39 is 0 Å². The Morgan fingerprint density at radius 2 is 2.17 bits per heavy atom. The van der Waals surface area contributed by atoms with Gasteiger partial charge in [-0.2, -0.15) is 0 Å². The Morgan fingerprint density at radius 1 is 1.43 bits per heavy atom. The Bertz CT molecular complexity index is 569. The number of pyridine rings is 1. The van der Waals surface area contributed by atoms with Crippen molar-refractivity contribution in [2.24, 2.45) is 5.41 Å². The molecule has 2 atom stereocenters. The Morgan fingerprint density at radius 3 is 2.83 bits per heavy atom. The fraction of sp³-hybridized carbons (Fsp3) is 0.647. The van der Waals surface area contributed by atoms with Gasteiger partial charge in [0, 0.05) is 30.7 Å². The second-order valence-electron chi connectivity index (χ2n) is 6.65. The Balaban J connectivity index is 1.67.